The molecule has 178 valence electrons. The number of carbonyl (C=O) groups is 2. The standard InChI is InChI=1S/C22H27N3O8/c1-28-15-7-13(8-16(29-2)20(15)32-5)11-24-25-19(26)12-23-22(27)14-9-17(30-3)21(33-6)18(10-14)31-4/h7-11H,12H2,1-6H3,(H,23,27)(H,25,26)/b24-11+. The van der Waals surface area contributed by atoms with E-state index in [0.29, 0.717) is 40.1 Å². The zero-order valence-electron chi connectivity index (χ0n) is 19.3. The van der Waals surface area contributed by atoms with Gasteiger partial charge < -0.3 is 33.7 Å². The molecule has 33 heavy (non-hydrogen) atoms. The van der Waals surface area contributed by atoms with Crippen LogP contribution in [0.25, 0.3) is 0 Å². The molecule has 2 N–H and O–H groups in total. The number of rotatable bonds is 11. The lowest BCUT2D eigenvalue weighted by Crippen LogP contribution is -2.34. The first-order valence-electron chi connectivity index (χ1n) is 9.62. The maximum Gasteiger partial charge on any atom is 0.259 e. The minimum Gasteiger partial charge on any atom is -0.493 e. The molecule has 11 heteroatoms. The normalized spacial score (nSPS) is 10.4. The third-order valence-electron chi connectivity index (χ3n) is 4.43. The predicted molar refractivity (Wildman–Crippen MR) is 120 cm³/mol. The lowest BCUT2D eigenvalue weighted by molar-refractivity contribution is -0.120. The fourth-order valence-corrected chi connectivity index (χ4v) is 2.87. The Kier molecular flexibility index (Phi) is 9.16. The summed E-state index contributed by atoms with van der Waals surface area (Å²) >= 11 is 0. The second-order valence-electron chi connectivity index (χ2n) is 6.35. The number of benzene rings is 2. The molecule has 0 spiro atoms. The maximum atomic E-state index is 12.5. The second-order valence-corrected chi connectivity index (χ2v) is 6.35. The summed E-state index contributed by atoms with van der Waals surface area (Å²) in [6.07, 6.45) is 1.41. The molecule has 0 bridgehead atoms. The van der Waals surface area contributed by atoms with Crippen molar-refractivity contribution in [1.29, 1.82) is 0 Å². The summed E-state index contributed by atoms with van der Waals surface area (Å²) in [7, 11) is 8.84. The number of methoxy groups -OCH3 is 6. The maximum absolute atomic E-state index is 12.5. The Morgan fingerprint density at radius 1 is 0.758 bits per heavy atom. The Labute approximate surface area is 191 Å². The fourth-order valence-electron chi connectivity index (χ4n) is 2.87. The molecule has 11 nitrogen and oxygen atoms in total. The van der Waals surface area contributed by atoms with Crippen molar-refractivity contribution in [1.82, 2.24) is 10.7 Å². The first-order valence-corrected chi connectivity index (χ1v) is 9.62. The molecule has 0 aliphatic rings. The van der Waals surface area contributed by atoms with E-state index in [1.165, 1.54) is 61.0 Å². The molecule has 2 amide bonds. The molecule has 0 saturated heterocycles. The average Bonchev–Trinajstić information content (AvgIpc) is 2.85. The highest BCUT2D eigenvalue weighted by molar-refractivity contribution is 5.97. The van der Waals surface area contributed by atoms with Gasteiger partial charge in [0.25, 0.3) is 11.8 Å². The summed E-state index contributed by atoms with van der Waals surface area (Å²) in [4.78, 5) is 24.5. The number of hydrogen-bond acceptors (Lipinski definition) is 9. The van der Waals surface area contributed by atoms with E-state index in [4.69, 9.17) is 28.4 Å². The molecule has 0 unspecified atom stereocenters. The van der Waals surface area contributed by atoms with Crippen molar-refractivity contribution >= 4 is 18.0 Å². The number of amides is 2. The highest BCUT2D eigenvalue weighted by atomic mass is 16.5. The highest BCUT2D eigenvalue weighted by Crippen LogP contribution is 2.38. The number of ether oxygens (including phenoxy) is 6. The van der Waals surface area contributed by atoms with E-state index >= 15 is 0 Å². The van der Waals surface area contributed by atoms with Crippen molar-refractivity contribution in [2.75, 3.05) is 49.2 Å². The summed E-state index contributed by atoms with van der Waals surface area (Å²) < 4.78 is 31.5. The number of carbonyl (C=O) groups excluding carboxylic acids is 2. The molecule has 2 aromatic rings. The molecule has 0 atom stereocenters. The van der Waals surface area contributed by atoms with Crippen LogP contribution in [0, 0.1) is 0 Å². The molecular formula is C22H27N3O8. The third kappa shape index (κ3) is 6.19. The summed E-state index contributed by atoms with van der Waals surface area (Å²) in [6, 6.07) is 6.31. The molecule has 2 aromatic carbocycles. The van der Waals surface area contributed by atoms with Crippen LogP contribution in [-0.4, -0.2) is 67.2 Å². The molecule has 2 rings (SSSR count). The Morgan fingerprint density at radius 2 is 1.21 bits per heavy atom. The minimum absolute atomic E-state index is 0.234. The van der Waals surface area contributed by atoms with E-state index in [2.05, 4.69) is 15.8 Å². The molecule has 0 aromatic heterocycles. The van der Waals surface area contributed by atoms with Crippen LogP contribution in [-0.2, 0) is 4.79 Å². The van der Waals surface area contributed by atoms with Gasteiger partial charge in [0.1, 0.15) is 0 Å². The van der Waals surface area contributed by atoms with Crippen LogP contribution in [0.3, 0.4) is 0 Å². The van der Waals surface area contributed by atoms with Crippen molar-refractivity contribution in [2.45, 2.75) is 0 Å². The van der Waals surface area contributed by atoms with Gasteiger partial charge >= 0.3 is 0 Å². The third-order valence-corrected chi connectivity index (χ3v) is 4.43. The van der Waals surface area contributed by atoms with Gasteiger partial charge in [0.05, 0.1) is 55.4 Å². The van der Waals surface area contributed by atoms with Gasteiger partial charge in [-0.05, 0) is 24.3 Å². The van der Waals surface area contributed by atoms with Crippen LogP contribution in [0.5, 0.6) is 34.5 Å². The van der Waals surface area contributed by atoms with Crippen molar-refractivity contribution in [3.8, 4) is 34.5 Å². The SMILES string of the molecule is COc1cc(/C=N/NC(=O)CNC(=O)c2cc(OC)c(OC)c(OC)c2)cc(OC)c1OC. The number of hydrazone groups is 1. The summed E-state index contributed by atoms with van der Waals surface area (Å²) in [5, 5.41) is 6.40. The van der Waals surface area contributed by atoms with Crippen molar-refractivity contribution in [3.05, 3.63) is 35.4 Å². The summed E-state index contributed by atoms with van der Waals surface area (Å²) in [5.41, 5.74) is 3.18. The Balaban J connectivity index is 2.01. The Bertz CT molecular complexity index is 973. The zero-order valence-corrected chi connectivity index (χ0v) is 19.3. The van der Waals surface area contributed by atoms with E-state index in [1.54, 1.807) is 12.1 Å². The van der Waals surface area contributed by atoms with Gasteiger partial charge in [-0.1, -0.05) is 0 Å². The van der Waals surface area contributed by atoms with E-state index in [9.17, 15) is 9.59 Å². The molecule has 0 aliphatic heterocycles. The number of hydrogen-bond donors (Lipinski definition) is 2. The fraction of sp³-hybridized carbons (Fsp3) is 0.318. The van der Waals surface area contributed by atoms with Crippen LogP contribution in [0.4, 0.5) is 0 Å². The Hall–Kier alpha value is -4.15. The van der Waals surface area contributed by atoms with Crippen LogP contribution >= 0.6 is 0 Å². The smallest absolute Gasteiger partial charge is 0.259 e. The Morgan fingerprint density at radius 3 is 1.64 bits per heavy atom. The number of nitrogens with one attached hydrogen (secondary N) is 2. The molecular weight excluding hydrogens is 434 g/mol. The van der Waals surface area contributed by atoms with Gasteiger partial charge in [0.15, 0.2) is 23.0 Å². The first kappa shape index (κ1) is 25.1. The van der Waals surface area contributed by atoms with Crippen molar-refractivity contribution in [2.24, 2.45) is 5.10 Å². The van der Waals surface area contributed by atoms with Gasteiger partial charge in [-0.2, -0.15) is 5.10 Å². The largest absolute Gasteiger partial charge is 0.493 e. The molecule has 0 radical (unpaired) electrons. The first-order chi connectivity index (χ1) is 15.9. The minimum atomic E-state index is -0.528. The van der Waals surface area contributed by atoms with Crippen molar-refractivity contribution < 1.29 is 38.0 Å². The van der Waals surface area contributed by atoms with E-state index in [1.807, 2.05) is 0 Å². The number of nitrogens with zero attached hydrogens (tertiary/aromatic N) is 1. The molecule has 0 fully saturated rings. The van der Waals surface area contributed by atoms with Gasteiger partial charge in [-0.15, -0.1) is 0 Å². The molecule has 0 aliphatic carbocycles. The van der Waals surface area contributed by atoms with Gasteiger partial charge in [-0.3, -0.25) is 9.59 Å². The van der Waals surface area contributed by atoms with Gasteiger partial charge in [-0.25, -0.2) is 5.43 Å². The van der Waals surface area contributed by atoms with Crippen molar-refractivity contribution in [3.63, 3.8) is 0 Å². The predicted octanol–water partition coefficient (Wildman–Crippen LogP) is 1.62. The van der Waals surface area contributed by atoms with Crippen LogP contribution in [0.1, 0.15) is 15.9 Å². The summed E-state index contributed by atoms with van der Waals surface area (Å²) in [6.45, 7) is -0.303. The molecule has 0 saturated carbocycles. The van der Waals surface area contributed by atoms with Gasteiger partial charge in [0.2, 0.25) is 11.5 Å². The summed E-state index contributed by atoms with van der Waals surface area (Å²) in [5.74, 6) is 1.30. The molecule has 0 heterocycles. The topological polar surface area (TPSA) is 126 Å². The average molecular weight is 461 g/mol. The lowest BCUT2D eigenvalue weighted by atomic mass is 10.1. The lowest BCUT2D eigenvalue weighted by Gasteiger charge is -2.14. The van der Waals surface area contributed by atoms with E-state index in [-0.39, 0.29) is 12.1 Å². The highest BCUT2D eigenvalue weighted by Gasteiger charge is 2.17. The second kappa shape index (κ2) is 12.0. The zero-order chi connectivity index (χ0) is 24.4. The van der Waals surface area contributed by atoms with E-state index in [0.717, 1.165) is 0 Å². The quantitative estimate of drug-likeness (QED) is 0.382. The van der Waals surface area contributed by atoms with Crippen LogP contribution < -0.4 is 39.2 Å². The van der Waals surface area contributed by atoms with Gasteiger partial charge in [0, 0.05) is 11.1 Å². The van der Waals surface area contributed by atoms with Crippen LogP contribution in [0.2, 0.25) is 0 Å². The van der Waals surface area contributed by atoms with Crippen LogP contribution in [0.15, 0.2) is 29.4 Å². The van der Waals surface area contributed by atoms with E-state index < -0.39 is 11.8 Å². The monoisotopic (exact) mass is 461 g/mol.